The van der Waals surface area contributed by atoms with Crippen LogP contribution in [-0.4, -0.2) is 31.5 Å². The van der Waals surface area contributed by atoms with Gasteiger partial charge in [0.05, 0.1) is 6.42 Å². The van der Waals surface area contributed by atoms with Crippen molar-refractivity contribution in [2.45, 2.75) is 6.42 Å². The summed E-state index contributed by atoms with van der Waals surface area (Å²) in [5.41, 5.74) is 2.96. The Morgan fingerprint density at radius 2 is 2.00 bits per heavy atom. The van der Waals surface area contributed by atoms with E-state index in [-0.39, 0.29) is 18.1 Å². The lowest BCUT2D eigenvalue weighted by Crippen LogP contribution is -2.14. The molecule has 0 aliphatic heterocycles. The van der Waals surface area contributed by atoms with Crippen LogP contribution in [0, 0.1) is 5.82 Å². The molecule has 0 saturated carbocycles. The number of benzene rings is 2. The minimum Gasteiger partial charge on any atom is -0.361 e. The van der Waals surface area contributed by atoms with Gasteiger partial charge in [0.25, 0.3) is 0 Å². The first-order valence-corrected chi connectivity index (χ1v) is 7.58. The molecule has 7 nitrogen and oxygen atoms in total. The molecule has 4 rings (SSSR count). The van der Waals surface area contributed by atoms with Gasteiger partial charge in [-0.05, 0) is 53.2 Å². The molecule has 1 amide bonds. The molecule has 0 saturated heterocycles. The van der Waals surface area contributed by atoms with E-state index in [0.717, 1.165) is 16.5 Å². The van der Waals surface area contributed by atoms with Gasteiger partial charge < -0.3 is 10.3 Å². The number of nitrogens with one attached hydrogen (secondary N) is 3. The van der Waals surface area contributed by atoms with Crippen molar-refractivity contribution in [2.24, 2.45) is 0 Å². The van der Waals surface area contributed by atoms with Gasteiger partial charge in [-0.3, -0.25) is 4.79 Å². The van der Waals surface area contributed by atoms with E-state index in [1.807, 2.05) is 0 Å². The Balaban J connectivity index is 1.46. The zero-order chi connectivity index (χ0) is 17.2. The van der Waals surface area contributed by atoms with Crippen LogP contribution in [0.4, 0.5) is 10.1 Å². The first-order valence-electron chi connectivity index (χ1n) is 7.58. The molecule has 0 bridgehead atoms. The molecule has 0 aliphatic carbocycles. The standard InChI is InChI=1S/C17H13FN6O/c18-12-3-6-14-11(9-19-15(14)8-12)7-16(25)20-13-4-1-10(2-5-13)17-21-23-24-22-17/h1-6,8-9,19H,7H2,(H,20,25)(H,21,22,23,24). The highest BCUT2D eigenvalue weighted by molar-refractivity contribution is 5.95. The topological polar surface area (TPSA) is 99.4 Å². The van der Waals surface area contributed by atoms with E-state index in [0.29, 0.717) is 17.0 Å². The molecule has 0 atom stereocenters. The lowest BCUT2D eigenvalue weighted by atomic mass is 10.1. The summed E-state index contributed by atoms with van der Waals surface area (Å²) in [6.45, 7) is 0. The zero-order valence-electron chi connectivity index (χ0n) is 13.0. The number of nitrogens with zero attached hydrogens (tertiary/aromatic N) is 3. The number of halogens is 1. The largest absolute Gasteiger partial charge is 0.361 e. The number of H-pyrrole nitrogens is 2. The maximum absolute atomic E-state index is 13.2. The van der Waals surface area contributed by atoms with Gasteiger partial charge in [0, 0.05) is 28.4 Å². The SMILES string of the molecule is O=C(Cc1c[nH]c2cc(F)ccc12)Nc1ccc(-c2nn[nH]n2)cc1. The molecule has 0 radical (unpaired) electrons. The minimum absolute atomic E-state index is 0.155. The molecule has 0 aliphatic rings. The highest BCUT2D eigenvalue weighted by Crippen LogP contribution is 2.21. The van der Waals surface area contributed by atoms with E-state index in [1.165, 1.54) is 12.1 Å². The normalized spacial score (nSPS) is 10.9. The highest BCUT2D eigenvalue weighted by atomic mass is 19.1. The lowest BCUT2D eigenvalue weighted by molar-refractivity contribution is -0.115. The van der Waals surface area contributed by atoms with Gasteiger partial charge in [0.2, 0.25) is 11.7 Å². The number of rotatable bonds is 4. The van der Waals surface area contributed by atoms with Gasteiger partial charge in [0.1, 0.15) is 5.82 Å². The molecule has 25 heavy (non-hydrogen) atoms. The van der Waals surface area contributed by atoms with Crippen LogP contribution in [0.15, 0.2) is 48.7 Å². The third kappa shape index (κ3) is 3.09. The maximum atomic E-state index is 13.2. The number of carbonyl (C=O) groups excluding carboxylic acids is 1. The minimum atomic E-state index is -0.313. The number of aromatic amines is 2. The molecule has 0 fully saturated rings. The second kappa shape index (κ2) is 6.16. The molecule has 2 heterocycles. The number of tetrazole rings is 1. The molecule has 3 N–H and O–H groups in total. The van der Waals surface area contributed by atoms with Crippen molar-refractivity contribution >= 4 is 22.5 Å². The lowest BCUT2D eigenvalue weighted by Gasteiger charge is -2.05. The molecule has 8 heteroatoms. The second-order valence-electron chi connectivity index (χ2n) is 5.54. The van der Waals surface area contributed by atoms with Crippen LogP contribution in [0.25, 0.3) is 22.3 Å². The molecule has 2 aromatic carbocycles. The summed E-state index contributed by atoms with van der Waals surface area (Å²) >= 11 is 0. The van der Waals surface area contributed by atoms with Gasteiger partial charge in [-0.2, -0.15) is 5.21 Å². The summed E-state index contributed by atoms with van der Waals surface area (Å²) in [7, 11) is 0. The summed E-state index contributed by atoms with van der Waals surface area (Å²) in [5.74, 6) is 0.0217. The van der Waals surface area contributed by atoms with Crippen LogP contribution in [0.2, 0.25) is 0 Å². The molecule has 2 aromatic heterocycles. The number of carbonyl (C=O) groups is 1. The Kier molecular flexibility index (Phi) is 3.70. The summed E-state index contributed by atoms with van der Waals surface area (Å²) in [6, 6.07) is 11.6. The number of amides is 1. The maximum Gasteiger partial charge on any atom is 0.228 e. The number of hydrogen-bond acceptors (Lipinski definition) is 4. The van der Waals surface area contributed by atoms with Gasteiger partial charge >= 0.3 is 0 Å². The van der Waals surface area contributed by atoms with Crippen molar-refractivity contribution in [1.29, 1.82) is 0 Å². The summed E-state index contributed by atoms with van der Waals surface area (Å²) < 4.78 is 13.2. The summed E-state index contributed by atoms with van der Waals surface area (Å²) in [6.07, 6.45) is 1.92. The van der Waals surface area contributed by atoms with E-state index in [1.54, 1.807) is 36.5 Å². The van der Waals surface area contributed by atoms with Crippen molar-refractivity contribution in [2.75, 3.05) is 5.32 Å². The van der Waals surface area contributed by atoms with Crippen LogP contribution < -0.4 is 5.32 Å². The predicted octanol–water partition coefficient (Wildman–Crippen LogP) is 2.67. The first-order chi connectivity index (χ1) is 12.2. The Hall–Kier alpha value is -3.55. The summed E-state index contributed by atoms with van der Waals surface area (Å²) in [5, 5.41) is 17.4. The van der Waals surface area contributed by atoms with Crippen molar-refractivity contribution < 1.29 is 9.18 Å². The molecular formula is C17H13FN6O. The van der Waals surface area contributed by atoms with E-state index in [2.05, 4.69) is 30.9 Å². The van der Waals surface area contributed by atoms with Crippen LogP contribution in [-0.2, 0) is 11.2 Å². The predicted molar refractivity (Wildman–Crippen MR) is 90.2 cm³/mol. The third-order valence-corrected chi connectivity index (χ3v) is 3.85. The molecule has 0 unspecified atom stereocenters. The molecule has 124 valence electrons. The van der Waals surface area contributed by atoms with Crippen LogP contribution in [0.1, 0.15) is 5.56 Å². The van der Waals surface area contributed by atoms with Gasteiger partial charge in [-0.15, -0.1) is 10.2 Å². The quantitative estimate of drug-likeness (QED) is 0.533. The summed E-state index contributed by atoms with van der Waals surface area (Å²) in [4.78, 5) is 15.2. The number of hydrogen-bond donors (Lipinski definition) is 3. The Labute approximate surface area is 141 Å². The number of fused-ring (bicyclic) bond motifs is 1. The number of anilines is 1. The van der Waals surface area contributed by atoms with Crippen LogP contribution in [0.5, 0.6) is 0 Å². The Morgan fingerprint density at radius 3 is 2.76 bits per heavy atom. The second-order valence-corrected chi connectivity index (χ2v) is 5.54. The van der Waals surface area contributed by atoms with E-state index in [9.17, 15) is 9.18 Å². The van der Waals surface area contributed by atoms with Gasteiger partial charge in [0.15, 0.2) is 0 Å². The smallest absolute Gasteiger partial charge is 0.228 e. The number of aromatic nitrogens is 5. The average Bonchev–Trinajstić information content (AvgIpc) is 3.26. The van der Waals surface area contributed by atoms with E-state index in [4.69, 9.17) is 0 Å². The Morgan fingerprint density at radius 1 is 1.16 bits per heavy atom. The van der Waals surface area contributed by atoms with Crippen molar-refractivity contribution in [3.8, 4) is 11.4 Å². The van der Waals surface area contributed by atoms with Crippen molar-refractivity contribution in [3.05, 3.63) is 60.0 Å². The molecule has 4 aromatic rings. The van der Waals surface area contributed by atoms with Crippen LogP contribution >= 0.6 is 0 Å². The van der Waals surface area contributed by atoms with Crippen molar-refractivity contribution in [3.63, 3.8) is 0 Å². The third-order valence-electron chi connectivity index (χ3n) is 3.85. The fourth-order valence-electron chi connectivity index (χ4n) is 2.67. The Bertz CT molecular complexity index is 1020. The monoisotopic (exact) mass is 336 g/mol. The highest BCUT2D eigenvalue weighted by Gasteiger charge is 2.10. The zero-order valence-corrected chi connectivity index (χ0v) is 13.0. The van der Waals surface area contributed by atoms with Crippen LogP contribution in [0.3, 0.4) is 0 Å². The van der Waals surface area contributed by atoms with Crippen molar-refractivity contribution in [1.82, 2.24) is 25.6 Å². The first kappa shape index (κ1) is 15.0. The fraction of sp³-hybridized carbons (Fsp3) is 0.0588. The fourth-order valence-corrected chi connectivity index (χ4v) is 2.67. The molecular weight excluding hydrogens is 323 g/mol. The average molecular weight is 336 g/mol. The van der Waals surface area contributed by atoms with E-state index >= 15 is 0 Å². The van der Waals surface area contributed by atoms with Gasteiger partial charge in [-0.1, -0.05) is 0 Å². The molecule has 0 spiro atoms. The van der Waals surface area contributed by atoms with Gasteiger partial charge in [-0.25, -0.2) is 4.39 Å². The van der Waals surface area contributed by atoms with E-state index < -0.39 is 0 Å².